The minimum Gasteiger partial charge on any atom is -0.480 e. The molecule has 1 N–H and O–H groups in total. The zero-order valence-corrected chi connectivity index (χ0v) is 17.4. The van der Waals surface area contributed by atoms with Crippen molar-refractivity contribution in [1.29, 1.82) is 0 Å². The smallest absolute Gasteiger partial charge is 0.232 e. The first-order valence-corrected chi connectivity index (χ1v) is 10.4. The van der Waals surface area contributed by atoms with Crippen molar-refractivity contribution in [3.8, 4) is 5.88 Å². The number of aliphatic hydroxyl groups excluding tert-OH is 1. The first-order valence-electron chi connectivity index (χ1n) is 9.65. The quantitative estimate of drug-likeness (QED) is 0.754. The predicted octanol–water partition coefficient (Wildman–Crippen LogP) is 4.41. The number of aryl methyl sites for hydroxylation is 1. The highest BCUT2D eigenvalue weighted by atomic mass is 35.5. The summed E-state index contributed by atoms with van der Waals surface area (Å²) in [7, 11) is 1.58. The summed E-state index contributed by atoms with van der Waals surface area (Å²) in [5, 5.41) is 11.4. The molecule has 4 rings (SSSR count). The molecule has 0 saturated heterocycles. The first-order chi connectivity index (χ1) is 13.6. The normalized spacial score (nSPS) is 18.9. The molecule has 28 heavy (non-hydrogen) atoms. The van der Waals surface area contributed by atoms with Gasteiger partial charge in [0.25, 0.3) is 0 Å². The largest absolute Gasteiger partial charge is 0.480 e. The molecule has 1 aliphatic heterocycles. The molecule has 0 radical (unpaired) electrons. The van der Waals surface area contributed by atoms with Crippen LogP contribution in [0.2, 0.25) is 10.0 Å². The Morgan fingerprint density at radius 3 is 2.89 bits per heavy atom. The molecule has 1 unspecified atom stereocenters. The molecule has 1 aromatic carbocycles. The van der Waals surface area contributed by atoms with E-state index < -0.39 is 0 Å². The van der Waals surface area contributed by atoms with E-state index in [1.165, 1.54) is 22.3 Å². The Morgan fingerprint density at radius 2 is 2.11 bits per heavy atom. The van der Waals surface area contributed by atoms with Gasteiger partial charge in [0, 0.05) is 17.3 Å². The van der Waals surface area contributed by atoms with E-state index in [9.17, 15) is 5.11 Å². The molecule has 2 aromatic rings. The van der Waals surface area contributed by atoms with Crippen LogP contribution in [0, 0.1) is 0 Å². The van der Waals surface area contributed by atoms with Gasteiger partial charge in [-0.1, -0.05) is 29.3 Å². The van der Waals surface area contributed by atoms with Crippen molar-refractivity contribution < 1.29 is 9.84 Å². The number of nitrogens with zero attached hydrogens (tertiary/aromatic N) is 2. The minimum atomic E-state index is 0.0858. The van der Waals surface area contributed by atoms with Crippen LogP contribution in [0.4, 0.5) is 0 Å². The topological polar surface area (TPSA) is 45.6 Å². The lowest BCUT2D eigenvalue weighted by Crippen LogP contribution is -2.43. The number of halogens is 2. The fourth-order valence-corrected chi connectivity index (χ4v) is 4.77. The van der Waals surface area contributed by atoms with E-state index in [4.69, 9.17) is 27.9 Å². The summed E-state index contributed by atoms with van der Waals surface area (Å²) in [6.07, 6.45) is 3.74. The number of rotatable bonds is 6. The molecule has 1 atom stereocenters. The predicted molar refractivity (Wildman–Crippen MR) is 113 cm³/mol. The molecule has 0 bridgehead atoms. The molecule has 2 aliphatic rings. The fourth-order valence-electron chi connectivity index (χ4n) is 4.42. The minimum absolute atomic E-state index is 0.0858. The molecular weight excluding hydrogens is 395 g/mol. The highest BCUT2D eigenvalue weighted by Gasteiger charge is 2.33. The Hall–Kier alpha value is -1.59. The highest BCUT2D eigenvalue weighted by molar-refractivity contribution is 6.31. The molecule has 0 spiro atoms. The SMILES string of the molecule is COc1nc(CCCN2CCC3=C(Cc4ccc(Cl)cc43)C2CO)ccc1Cl. The number of aromatic nitrogens is 1. The number of pyridine rings is 1. The van der Waals surface area contributed by atoms with Crippen molar-refractivity contribution >= 4 is 28.8 Å². The highest BCUT2D eigenvalue weighted by Crippen LogP contribution is 2.41. The third-order valence-corrected chi connectivity index (χ3v) is 6.30. The van der Waals surface area contributed by atoms with E-state index in [1.54, 1.807) is 7.11 Å². The molecule has 4 nitrogen and oxygen atoms in total. The van der Waals surface area contributed by atoms with E-state index in [0.717, 1.165) is 49.5 Å². The van der Waals surface area contributed by atoms with E-state index >= 15 is 0 Å². The molecule has 1 aliphatic carbocycles. The van der Waals surface area contributed by atoms with E-state index in [0.29, 0.717) is 10.9 Å². The Kier molecular flexibility index (Phi) is 5.93. The molecule has 0 fully saturated rings. The number of ether oxygens (including phenoxy) is 1. The van der Waals surface area contributed by atoms with Crippen LogP contribution in [-0.2, 0) is 12.8 Å². The zero-order chi connectivity index (χ0) is 19.7. The van der Waals surface area contributed by atoms with Crippen LogP contribution < -0.4 is 4.74 Å². The van der Waals surface area contributed by atoms with Crippen LogP contribution in [0.25, 0.3) is 5.57 Å². The van der Waals surface area contributed by atoms with Gasteiger partial charge in [-0.3, -0.25) is 4.90 Å². The average Bonchev–Trinajstić information content (AvgIpc) is 3.06. The van der Waals surface area contributed by atoms with Gasteiger partial charge < -0.3 is 9.84 Å². The Bertz CT molecular complexity index is 913. The summed E-state index contributed by atoms with van der Waals surface area (Å²) < 4.78 is 5.20. The summed E-state index contributed by atoms with van der Waals surface area (Å²) in [5.41, 5.74) is 6.32. The molecular formula is C22H24Cl2N2O2. The lowest BCUT2D eigenvalue weighted by molar-refractivity contribution is 0.138. The third-order valence-electron chi connectivity index (χ3n) is 5.77. The van der Waals surface area contributed by atoms with Gasteiger partial charge in [0.2, 0.25) is 5.88 Å². The second kappa shape index (κ2) is 8.42. The van der Waals surface area contributed by atoms with Gasteiger partial charge in [-0.15, -0.1) is 0 Å². The maximum Gasteiger partial charge on any atom is 0.232 e. The van der Waals surface area contributed by atoms with Crippen LogP contribution in [-0.4, -0.2) is 47.8 Å². The summed E-state index contributed by atoms with van der Waals surface area (Å²) >= 11 is 12.3. The number of hydrogen-bond acceptors (Lipinski definition) is 4. The standard InChI is InChI=1S/C22H24Cl2N2O2/c1-28-22-20(24)7-6-16(25-22)3-2-9-26-10-8-17-18-12-15(23)5-4-14(18)11-19(17)21(26)13-27/h4-7,12,21,27H,2-3,8-11,13H2,1H3. The van der Waals surface area contributed by atoms with Gasteiger partial charge in [0.15, 0.2) is 0 Å². The Morgan fingerprint density at radius 1 is 1.25 bits per heavy atom. The maximum atomic E-state index is 10.1. The summed E-state index contributed by atoms with van der Waals surface area (Å²) in [5.74, 6) is 0.475. The van der Waals surface area contributed by atoms with Crippen molar-refractivity contribution in [3.05, 3.63) is 62.8 Å². The molecule has 6 heteroatoms. The van der Waals surface area contributed by atoms with Gasteiger partial charge >= 0.3 is 0 Å². The number of benzene rings is 1. The van der Waals surface area contributed by atoms with Crippen LogP contribution in [0.3, 0.4) is 0 Å². The Balaban J connectivity index is 1.42. The second-order valence-corrected chi connectivity index (χ2v) is 8.21. The van der Waals surface area contributed by atoms with Crippen LogP contribution in [0.1, 0.15) is 29.7 Å². The first kappa shape index (κ1) is 19.7. The molecule has 0 amide bonds. The molecule has 148 valence electrons. The van der Waals surface area contributed by atoms with Gasteiger partial charge in [-0.2, -0.15) is 0 Å². The number of aliphatic hydroxyl groups is 1. The van der Waals surface area contributed by atoms with Crippen molar-refractivity contribution in [1.82, 2.24) is 9.88 Å². The maximum absolute atomic E-state index is 10.1. The van der Waals surface area contributed by atoms with Gasteiger partial charge in [0.05, 0.1) is 19.8 Å². The summed E-state index contributed by atoms with van der Waals surface area (Å²) in [6, 6.07) is 10.0. The fraction of sp³-hybridized carbons (Fsp3) is 0.409. The van der Waals surface area contributed by atoms with Crippen LogP contribution >= 0.6 is 23.2 Å². The van der Waals surface area contributed by atoms with Crippen molar-refractivity contribution in [2.75, 3.05) is 26.8 Å². The third kappa shape index (κ3) is 3.79. The van der Waals surface area contributed by atoms with Crippen LogP contribution in [0.15, 0.2) is 35.9 Å². The molecule has 0 saturated carbocycles. The van der Waals surface area contributed by atoms with E-state index in [2.05, 4.69) is 22.0 Å². The monoisotopic (exact) mass is 418 g/mol. The number of hydrogen-bond donors (Lipinski definition) is 1. The van der Waals surface area contributed by atoms with Gasteiger partial charge in [-0.25, -0.2) is 4.98 Å². The molecule has 2 heterocycles. The van der Waals surface area contributed by atoms with Crippen molar-refractivity contribution in [2.24, 2.45) is 0 Å². The van der Waals surface area contributed by atoms with E-state index in [1.807, 2.05) is 18.2 Å². The lowest BCUT2D eigenvalue weighted by Gasteiger charge is -2.36. The van der Waals surface area contributed by atoms with E-state index in [-0.39, 0.29) is 12.6 Å². The summed E-state index contributed by atoms with van der Waals surface area (Å²) in [4.78, 5) is 6.86. The summed E-state index contributed by atoms with van der Waals surface area (Å²) in [6.45, 7) is 2.02. The zero-order valence-electron chi connectivity index (χ0n) is 15.9. The van der Waals surface area contributed by atoms with Crippen molar-refractivity contribution in [2.45, 2.75) is 31.7 Å². The molecule has 1 aromatic heterocycles. The van der Waals surface area contributed by atoms with Crippen molar-refractivity contribution in [3.63, 3.8) is 0 Å². The number of methoxy groups -OCH3 is 1. The van der Waals surface area contributed by atoms with Crippen LogP contribution in [0.5, 0.6) is 5.88 Å². The van der Waals surface area contributed by atoms with Gasteiger partial charge in [-0.05, 0) is 78.8 Å². The lowest BCUT2D eigenvalue weighted by atomic mass is 9.93. The average molecular weight is 419 g/mol. The number of fused-ring (bicyclic) bond motifs is 2. The Labute approximate surface area is 175 Å². The van der Waals surface area contributed by atoms with Gasteiger partial charge in [0.1, 0.15) is 5.02 Å². The second-order valence-electron chi connectivity index (χ2n) is 7.36.